The molecule has 170 valence electrons. The van der Waals surface area contributed by atoms with Crippen LogP contribution in [0.2, 0.25) is 0 Å². The summed E-state index contributed by atoms with van der Waals surface area (Å²) >= 11 is 2.81. The molecule has 0 bridgehead atoms. The van der Waals surface area contributed by atoms with Crippen LogP contribution < -0.4 is 79.5 Å². The number of anilines is 1. The number of rotatable bonds is 11. The molecule has 7 nitrogen and oxygen atoms in total. The first kappa shape index (κ1) is 30.2. The third kappa shape index (κ3) is 9.38. The fourth-order valence-electron chi connectivity index (χ4n) is 2.77. The van der Waals surface area contributed by atoms with Crippen LogP contribution in [-0.2, 0) is 9.53 Å². The van der Waals surface area contributed by atoms with Crippen LogP contribution in [0.4, 0.5) is 5.13 Å². The van der Waals surface area contributed by atoms with Crippen LogP contribution in [0.3, 0.4) is 0 Å². The summed E-state index contributed by atoms with van der Waals surface area (Å²) in [6, 6.07) is 10.7. The molecule has 0 saturated carbocycles. The number of amides is 2. The second-order valence-electron chi connectivity index (χ2n) is 6.51. The van der Waals surface area contributed by atoms with Crippen molar-refractivity contribution in [2.24, 2.45) is 0 Å². The zero-order valence-corrected chi connectivity index (χ0v) is 27.0. The molecule has 0 radical (unpaired) electrons. The van der Waals surface area contributed by atoms with E-state index in [2.05, 4.69) is 22.2 Å². The molecule has 0 aliphatic carbocycles. The summed E-state index contributed by atoms with van der Waals surface area (Å²) in [6.07, 6.45) is 7.39. The second kappa shape index (κ2) is 16.0. The van der Waals surface area contributed by atoms with Gasteiger partial charge in [0.15, 0.2) is 5.13 Å². The predicted octanol–water partition coefficient (Wildman–Crippen LogP) is 1.52. The van der Waals surface area contributed by atoms with E-state index in [4.69, 9.17) is 4.74 Å². The first-order valence-electron chi connectivity index (χ1n) is 9.64. The molecule has 0 spiro atoms. The van der Waals surface area contributed by atoms with Crippen LogP contribution in [0.15, 0.2) is 66.8 Å². The smallest absolute Gasteiger partial charge is 0.377 e. The summed E-state index contributed by atoms with van der Waals surface area (Å²) in [4.78, 5) is 30.0. The average molecular weight is 605 g/mol. The second-order valence-corrected chi connectivity index (χ2v) is 8.16. The summed E-state index contributed by atoms with van der Waals surface area (Å²) in [6.45, 7) is 4.30. The molecule has 1 aromatic carbocycles. The summed E-state index contributed by atoms with van der Waals surface area (Å²) in [5.41, 5.74) is 2.24. The van der Waals surface area contributed by atoms with Gasteiger partial charge in [-0.1, -0.05) is 36.4 Å². The van der Waals surface area contributed by atoms with E-state index >= 15 is 0 Å². The molecule has 3 aromatic rings. The quantitative estimate of drug-likeness (QED) is 0.197. The van der Waals surface area contributed by atoms with Crippen molar-refractivity contribution in [1.29, 1.82) is 0 Å². The molecular formula is C23H27CsN4O3S2. The van der Waals surface area contributed by atoms with Gasteiger partial charge in [-0.15, -0.1) is 17.9 Å². The molecule has 0 fully saturated rings. The number of nitrogens with zero attached hydrogens (tertiary/aromatic N) is 2. The Morgan fingerprint density at radius 2 is 2.06 bits per heavy atom. The molecule has 0 aliphatic rings. The van der Waals surface area contributed by atoms with Gasteiger partial charge >= 0.3 is 68.9 Å². The minimum Gasteiger partial charge on any atom is -0.377 e. The maximum absolute atomic E-state index is 12.9. The average Bonchev–Trinajstić information content (AvgIpc) is 3.46. The molecule has 33 heavy (non-hydrogen) atoms. The number of ether oxygens (including phenoxy) is 1. The van der Waals surface area contributed by atoms with Gasteiger partial charge in [-0.3, -0.25) is 13.6 Å². The van der Waals surface area contributed by atoms with E-state index in [1.54, 1.807) is 24.5 Å². The molecule has 1 unspecified atom stereocenters. The van der Waals surface area contributed by atoms with Crippen molar-refractivity contribution in [3.05, 3.63) is 79.8 Å². The Hall–Kier alpha value is -0.828. The Balaban J connectivity index is 0.00000272. The van der Waals surface area contributed by atoms with E-state index in [0.29, 0.717) is 30.3 Å². The molecular weight excluding hydrogens is 577 g/mol. The molecule has 0 aliphatic heterocycles. The monoisotopic (exact) mass is 604 g/mol. The number of carbonyl (C=O) groups is 2. The summed E-state index contributed by atoms with van der Waals surface area (Å²) < 4.78 is 7.23. The summed E-state index contributed by atoms with van der Waals surface area (Å²) in [5.74, 6) is -0.658. The van der Waals surface area contributed by atoms with Crippen LogP contribution in [0.25, 0.3) is 11.3 Å². The predicted molar refractivity (Wildman–Crippen MR) is 133 cm³/mol. The number of carbonyl (C=O) groups excluding carboxylic acids is 2. The van der Waals surface area contributed by atoms with E-state index in [0.717, 1.165) is 11.3 Å². The van der Waals surface area contributed by atoms with Crippen LogP contribution >= 0.6 is 23.3 Å². The summed E-state index contributed by atoms with van der Waals surface area (Å²) in [7, 11) is 0. The van der Waals surface area contributed by atoms with E-state index in [-0.39, 0.29) is 88.1 Å². The van der Waals surface area contributed by atoms with Crippen LogP contribution in [0.1, 0.15) is 16.8 Å². The molecule has 2 heterocycles. The first-order chi connectivity index (χ1) is 15.1. The SMILES string of the molecule is C=CCOCCC(NC(=O)c1ccn(SC)c1)C(=O)Nc1nc(-c2ccccc2)cs1.[CH3-].[Cs+]. The van der Waals surface area contributed by atoms with Gasteiger partial charge in [0, 0.05) is 36.2 Å². The van der Waals surface area contributed by atoms with Gasteiger partial charge in [-0.2, -0.15) is 0 Å². The van der Waals surface area contributed by atoms with Crippen molar-refractivity contribution >= 4 is 40.2 Å². The molecule has 2 N–H and O–H groups in total. The molecule has 10 heteroatoms. The Morgan fingerprint density at radius 1 is 1.30 bits per heavy atom. The number of aromatic nitrogens is 2. The van der Waals surface area contributed by atoms with Crippen molar-refractivity contribution < 1.29 is 83.2 Å². The third-order valence-electron chi connectivity index (χ3n) is 4.35. The standard InChI is InChI=1S/C22H24N4O3S2.CH3.Cs/c1-3-12-29-13-10-18(23-20(27)17-9-11-26(14-17)30-2)21(28)25-22-24-19(15-31-22)16-7-5-4-6-8-16;;/h3-9,11,14-15,18H,1,10,12-13H2,2H3,(H,23,27)(H,24,25,28);1H3;/q;-1;+1. The van der Waals surface area contributed by atoms with Crippen molar-refractivity contribution in [3.8, 4) is 11.3 Å². The van der Waals surface area contributed by atoms with Crippen LogP contribution in [0.5, 0.6) is 0 Å². The Morgan fingerprint density at radius 3 is 2.73 bits per heavy atom. The normalized spacial score (nSPS) is 10.9. The van der Waals surface area contributed by atoms with Crippen molar-refractivity contribution in [2.75, 3.05) is 24.8 Å². The first-order valence-corrected chi connectivity index (χ1v) is 11.7. The molecule has 3 rings (SSSR count). The Kier molecular flexibility index (Phi) is 14.6. The maximum atomic E-state index is 12.9. The van der Waals surface area contributed by atoms with Crippen molar-refractivity contribution in [3.63, 3.8) is 0 Å². The fraction of sp³-hybridized carbons (Fsp3) is 0.217. The van der Waals surface area contributed by atoms with Crippen molar-refractivity contribution in [1.82, 2.24) is 14.3 Å². The fourth-order valence-corrected chi connectivity index (χ4v) is 3.89. The summed E-state index contributed by atoms with van der Waals surface area (Å²) in [5, 5.41) is 7.98. The minimum absolute atomic E-state index is 0. The van der Waals surface area contributed by atoms with Crippen LogP contribution in [-0.4, -0.2) is 46.3 Å². The minimum atomic E-state index is -0.765. The van der Waals surface area contributed by atoms with Gasteiger partial charge in [0.1, 0.15) is 6.04 Å². The van der Waals surface area contributed by atoms with Gasteiger partial charge < -0.3 is 22.8 Å². The molecule has 2 aromatic heterocycles. The molecule has 2 amide bonds. The molecule has 0 saturated heterocycles. The zero-order valence-electron chi connectivity index (χ0n) is 19.1. The van der Waals surface area contributed by atoms with Crippen molar-refractivity contribution in [2.45, 2.75) is 12.5 Å². The van der Waals surface area contributed by atoms with Gasteiger partial charge in [0.2, 0.25) is 5.91 Å². The van der Waals surface area contributed by atoms with E-state index < -0.39 is 6.04 Å². The molecule has 1 atom stereocenters. The third-order valence-corrected chi connectivity index (χ3v) is 5.76. The Labute approximate surface area is 262 Å². The van der Waals surface area contributed by atoms with E-state index in [1.807, 2.05) is 45.9 Å². The van der Waals surface area contributed by atoms with Gasteiger partial charge in [0.05, 0.1) is 17.9 Å². The zero-order chi connectivity index (χ0) is 22.1. The van der Waals surface area contributed by atoms with Crippen LogP contribution in [0, 0.1) is 7.43 Å². The van der Waals surface area contributed by atoms with E-state index in [9.17, 15) is 9.59 Å². The number of nitrogens with one attached hydrogen (secondary N) is 2. The van der Waals surface area contributed by atoms with E-state index in [1.165, 1.54) is 23.3 Å². The number of hydrogen-bond acceptors (Lipinski definition) is 6. The number of hydrogen-bond donors (Lipinski definition) is 2. The maximum Gasteiger partial charge on any atom is 1.00 e. The topological polar surface area (TPSA) is 85.2 Å². The number of thiazole rings is 1. The van der Waals surface area contributed by atoms with Gasteiger partial charge in [-0.25, -0.2) is 4.98 Å². The Bertz CT molecular complexity index is 1020. The van der Waals surface area contributed by atoms with Gasteiger partial charge in [-0.05, 0) is 24.4 Å². The number of benzene rings is 1. The van der Waals surface area contributed by atoms with Gasteiger partial charge in [0.25, 0.3) is 5.91 Å². The largest absolute Gasteiger partial charge is 1.00 e.